The number of esters is 1. The summed E-state index contributed by atoms with van der Waals surface area (Å²) in [5.41, 5.74) is 1.19. The molecule has 0 aliphatic heterocycles. The Hall–Kier alpha value is -1.60. The third kappa shape index (κ3) is 3.10. The Kier molecular flexibility index (Phi) is 4.61. The molecular weight excluding hydrogens is 344 g/mol. The van der Waals surface area contributed by atoms with Gasteiger partial charge in [0.2, 0.25) is 0 Å². The van der Waals surface area contributed by atoms with Crippen LogP contribution in [0.2, 0.25) is 0 Å². The molecule has 7 heteroatoms. The summed E-state index contributed by atoms with van der Waals surface area (Å²) in [4.78, 5) is 16.6. The van der Waals surface area contributed by atoms with E-state index in [9.17, 15) is 4.79 Å². The van der Waals surface area contributed by atoms with E-state index in [1.54, 1.807) is 7.11 Å². The summed E-state index contributed by atoms with van der Waals surface area (Å²) >= 11 is 4.82. The summed E-state index contributed by atoms with van der Waals surface area (Å²) in [6.45, 7) is 1.83. The Morgan fingerprint density at radius 2 is 2.15 bits per heavy atom. The molecular formula is C13H13BrN2O3S. The van der Waals surface area contributed by atoms with E-state index in [0.717, 1.165) is 20.8 Å². The average molecular weight is 357 g/mol. The highest BCUT2D eigenvalue weighted by Crippen LogP contribution is 2.31. The number of nitrogens with one attached hydrogen (secondary N) is 1. The van der Waals surface area contributed by atoms with Crippen LogP contribution in [0.25, 0.3) is 0 Å². The zero-order valence-electron chi connectivity index (χ0n) is 11.2. The molecule has 2 aromatic rings. The Bertz CT molecular complexity index is 643. The van der Waals surface area contributed by atoms with Crippen LogP contribution in [0, 0.1) is 6.92 Å². The topological polar surface area (TPSA) is 60.5 Å². The summed E-state index contributed by atoms with van der Waals surface area (Å²) in [7, 11) is 2.95. The summed E-state index contributed by atoms with van der Waals surface area (Å²) < 4.78 is 10.7. The summed E-state index contributed by atoms with van der Waals surface area (Å²) in [6.07, 6.45) is 0. The van der Waals surface area contributed by atoms with Crippen LogP contribution < -0.4 is 10.1 Å². The van der Waals surface area contributed by atoms with Crippen LogP contribution >= 0.6 is 27.3 Å². The first-order valence-corrected chi connectivity index (χ1v) is 7.32. The van der Waals surface area contributed by atoms with E-state index in [2.05, 4.69) is 31.0 Å². The molecule has 106 valence electrons. The number of hydrogen-bond donors (Lipinski definition) is 1. The predicted molar refractivity (Wildman–Crippen MR) is 82.2 cm³/mol. The van der Waals surface area contributed by atoms with Crippen molar-refractivity contribution in [2.75, 3.05) is 19.5 Å². The van der Waals surface area contributed by atoms with Crippen molar-refractivity contribution >= 4 is 44.1 Å². The number of rotatable bonds is 4. The predicted octanol–water partition coefficient (Wildman–Crippen LogP) is 3.75. The number of nitrogens with zero attached hydrogens (tertiary/aromatic N) is 1. The first-order valence-electron chi connectivity index (χ1n) is 5.71. The van der Waals surface area contributed by atoms with Gasteiger partial charge in [0, 0.05) is 10.6 Å². The van der Waals surface area contributed by atoms with Gasteiger partial charge < -0.3 is 14.8 Å². The quantitative estimate of drug-likeness (QED) is 0.845. The Labute approximate surface area is 129 Å². The molecule has 0 bridgehead atoms. The Morgan fingerprint density at radius 3 is 2.75 bits per heavy atom. The maximum atomic E-state index is 11.5. The molecule has 2 rings (SSSR count). The molecule has 1 N–H and O–H groups in total. The maximum absolute atomic E-state index is 11.5. The third-order valence-corrected chi connectivity index (χ3v) is 4.08. The number of thiazole rings is 1. The lowest BCUT2D eigenvalue weighted by atomic mass is 10.3. The van der Waals surface area contributed by atoms with Crippen molar-refractivity contribution < 1.29 is 14.3 Å². The molecule has 0 saturated carbocycles. The van der Waals surface area contributed by atoms with Gasteiger partial charge >= 0.3 is 5.97 Å². The molecule has 0 radical (unpaired) electrons. The number of methoxy groups -OCH3 is 2. The Morgan fingerprint density at radius 1 is 1.40 bits per heavy atom. The molecule has 1 aromatic carbocycles. The number of halogens is 1. The molecule has 0 fully saturated rings. The second-order valence-electron chi connectivity index (χ2n) is 3.89. The zero-order chi connectivity index (χ0) is 14.7. The maximum Gasteiger partial charge on any atom is 0.357 e. The van der Waals surface area contributed by atoms with E-state index in [0.29, 0.717) is 10.8 Å². The van der Waals surface area contributed by atoms with E-state index >= 15 is 0 Å². The van der Waals surface area contributed by atoms with Gasteiger partial charge in [0.05, 0.1) is 18.7 Å². The van der Waals surface area contributed by atoms with Crippen molar-refractivity contribution in [2.45, 2.75) is 6.92 Å². The number of aromatic nitrogens is 1. The molecule has 0 unspecified atom stereocenters. The summed E-state index contributed by atoms with van der Waals surface area (Å²) in [6, 6.07) is 5.60. The number of aryl methyl sites for hydroxylation is 1. The van der Waals surface area contributed by atoms with Crippen molar-refractivity contribution in [3.8, 4) is 5.75 Å². The highest BCUT2D eigenvalue weighted by Gasteiger charge is 2.15. The van der Waals surface area contributed by atoms with Gasteiger partial charge in [0.1, 0.15) is 5.75 Å². The molecule has 0 spiro atoms. The molecule has 0 amide bonds. The lowest BCUT2D eigenvalue weighted by Gasteiger charge is -2.06. The lowest BCUT2D eigenvalue weighted by molar-refractivity contribution is 0.0594. The normalized spacial score (nSPS) is 10.2. The number of carbonyl (C=O) groups excluding carboxylic acids is 1. The van der Waals surface area contributed by atoms with Crippen LogP contribution in [0.5, 0.6) is 5.75 Å². The molecule has 0 aliphatic carbocycles. The fraction of sp³-hybridized carbons (Fsp3) is 0.231. The van der Waals surface area contributed by atoms with Crippen LogP contribution in [-0.2, 0) is 4.74 Å². The van der Waals surface area contributed by atoms with Gasteiger partial charge in [-0.25, -0.2) is 9.78 Å². The van der Waals surface area contributed by atoms with Gasteiger partial charge in [-0.1, -0.05) is 0 Å². The molecule has 0 atom stereocenters. The van der Waals surface area contributed by atoms with E-state index in [1.807, 2.05) is 25.1 Å². The van der Waals surface area contributed by atoms with Gasteiger partial charge in [0.15, 0.2) is 10.8 Å². The molecule has 1 aromatic heterocycles. The highest BCUT2D eigenvalue weighted by atomic mass is 79.9. The Balaban J connectivity index is 2.22. The SMILES string of the molecule is COC(=O)c1nc(Nc2ccc(OC)c(Br)c2)sc1C. The monoisotopic (exact) mass is 356 g/mol. The third-order valence-electron chi connectivity index (χ3n) is 2.58. The second kappa shape index (κ2) is 6.23. The van der Waals surface area contributed by atoms with Crippen LogP contribution in [0.3, 0.4) is 0 Å². The summed E-state index contributed by atoms with van der Waals surface area (Å²) in [5, 5.41) is 3.79. The minimum absolute atomic E-state index is 0.340. The van der Waals surface area contributed by atoms with E-state index in [1.165, 1.54) is 18.4 Å². The molecule has 5 nitrogen and oxygen atoms in total. The van der Waals surface area contributed by atoms with Crippen LogP contribution in [-0.4, -0.2) is 25.2 Å². The first kappa shape index (κ1) is 14.8. The molecule has 1 heterocycles. The smallest absolute Gasteiger partial charge is 0.357 e. The van der Waals surface area contributed by atoms with Gasteiger partial charge in [-0.15, -0.1) is 11.3 Å². The number of anilines is 2. The molecule has 0 aliphatic rings. The number of carbonyl (C=O) groups is 1. The molecule has 20 heavy (non-hydrogen) atoms. The van der Waals surface area contributed by atoms with Crippen molar-refractivity contribution in [3.05, 3.63) is 33.2 Å². The zero-order valence-corrected chi connectivity index (χ0v) is 13.6. The molecule has 0 saturated heterocycles. The standard InChI is InChI=1S/C13H13BrN2O3S/c1-7-11(12(17)19-3)16-13(20-7)15-8-4-5-10(18-2)9(14)6-8/h4-6H,1-3H3,(H,15,16). The van der Waals surface area contributed by atoms with Crippen molar-refractivity contribution in [2.24, 2.45) is 0 Å². The number of ether oxygens (including phenoxy) is 2. The van der Waals surface area contributed by atoms with Gasteiger partial charge in [-0.2, -0.15) is 0 Å². The van der Waals surface area contributed by atoms with Crippen molar-refractivity contribution in [1.29, 1.82) is 0 Å². The second-order valence-corrected chi connectivity index (χ2v) is 5.95. The first-order chi connectivity index (χ1) is 9.55. The fourth-order valence-corrected chi connectivity index (χ4v) is 2.97. The van der Waals surface area contributed by atoms with E-state index in [-0.39, 0.29) is 0 Å². The van der Waals surface area contributed by atoms with E-state index in [4.69, 9.17) is 4.74 Å². The highest BCUT2D eigenvalue weighted by molar-refractivity contribution is 9.10. The van der Waals surface area contributed by atoms with Crippen LogP contribution in [0.4, 0.5) is 10.8 Å². The van der Waals surface area contributed by atoms with Crippen LogP contribution in [0.15, 0.2) is 22.7 Å². The van der Waals surface area contributed by atoms with Crippen molar-refractivity contribution in [1.82, 2.24) is 4.98 Å². The fourth-order valence-electron chi connectivity index (χ4n) is 1.60. The summed E-state index contributed by atoms with van der Waals surface area (Å²) in [5.74, 6) is 0.323. The average Bonchev–Trinajstić information content (AvgIpc) is 2.79. The van der Waals surface area contributed by atoms with Crippen molar-refractivity contribution in [3.63, 3.8) is 0 Å². The van der Waals surface area contributed by atoms with Crippen LogP contribution in [0.1, 0.15) is 15.4 Å². The van der Waals surface area contributed by atoms with Gasteiger partial charge in [0.25, 0.3) is 0 Å². The number of benzene rings is 1. The minimum Gasteiger partial charge on any atom is -0.496 e. The minimum atomic E-state index is -0.428. The van der Waals surface area contributed by atoms with Gasteiger partial charge in [-0.3, -0.25) is 0 Å². The largest absolute Gasteiger partial charge is 0.496 e. The van der Waals surface area contributed by atoms with E-state index < -0.39 is 5.97 Å². The van der Waals surface area contributed by atoms with Gasteiger partial charge in [-0.05, 0) is 41.1 Å². The number of hydrogen-bond acceptors (Lipinski definition) is 6. The lowest BCUT2D eigenvalue weighted by Crippen LogP contribution is -2.03.